The molecule has 4 rings (SSSR count). The van der Waals surface area contributed by atoms with Crippen LogP contribution in [0.15, 0.2) is 54.6 Å². The number of carbonyl (C=O) groups is 2. The van der Waals surface area contributed by atoms with Gasteiger partial charge in [0.15, 0.2) is 0 Å². The summed E-state index contributed by atoms with van der Waals surface area (Å²) in [5.41, 5.74) is 1.84. The Balaban J connectivity index is 1.45. The maximum Gasteiger partial charge on any atom is 0.251 e. The van der Waals surface area contributed by atoms with Crippen LogP contribution >= 0.6 is 0 Å². The number of aromatic amines is 1. The lowest BCUT2D eigenvalue weighted by Crippen LogP contribution is -2.49. The Bertz CT molecular complexity index is 946. The first-order valence-corrected chi connectivity index (χ1v) is 8.85. The van der Waals surface area contributed by atoms with Gasteiger partial charge in [0.25, 0.3) is 5.91 Å². The predicted octanol–water partition coefficient (Wildman–Crippen LogP) is 1.71. The number of carbonyl (C=O) groups excluding carboxylic acids is 2. The van der Waals surface area contributed by atoms with Crippen LogP contribution in [-0.2, 0) is 15.0 Å². The summed E-state index contributed by atoms with van der Waals surface area (Å²) in [5, 5.41) is 14.9. The number of nitrogens with zero attached hydrogens (tertiary/aromatic N) is 1. The van der Waals surface area contributed by atoms with Gasteiger partial charge in [-0.2, -0.15) is 0 Å². The molecule has 1 unspecified atom stereocenters. The second-order valence-corrected chi connectivity index (χ2v) is 6.75. The van der Waals surface area contributed by atoms with Gasteiger partial charge >= 0.3 is 0 Å². The fraction of sp³-hybridized carbons (Fsp3) is 0.250. The van der Waals surface area contributed by atoms with Gasteiger partial charge in [0, 0.05) is 0 Å². The molecular weight excluding hydrogens is 344 g/mol. The summed E-state index contributed by atoms with van der Waals surface area (Å²) >= 11 is 0. The van der Waals surface area contributed by atoms with Crippen LogP contribution < -0.4 is 10.6 Å². The van der Waals surface area contributed by atoms with Crippen molar-refractivity contribution in [1.82, 2.24) is 15.3 Å². The number of aliphatic hydroxyl groups excluding tert-OH is 1. The molecule has 1 fully saturated rings. The number of fused-ring (bicyclic) bond motifs is 1. The van der Waals surface area contributed by atoms with Crippen molar-refractivity contribution >= 4 is 28.8 Å². The Kier molecular flexibility index (Phi) is 4.37. The van der Waals surface area contributed by atoms with E-state index in [1.807, 2.05) is 54.6 Å². The molecular formula is C20H20N4O3. The zero-order valence-corrected chi connectivity index (χ0v) is 14.6. The van der Waals surface area contributed by atoms with Gasteiger partial charge in [-0.1, -0.05) is 42.5 Å². The normalized spacial score (nSPS) is 15.9. The SMILES string of the molecule is O=C(Nc1nc2ccccc2[nH]1)C(CO)NC(=O)C1(c2ccccc2)CC1. The first-order chi connectivity index (χ1) is 13.1. The Morgan fingerprint density at radius 1 is 1.11 bits per heavy atom. The summed E-state index contributed by atoms with van der Waals surface area (Å²) in [5.74, 6) is -0.487. The van der Waals surface area contributed by atoms with Crippen molar-refractivity contribution in [1.29, 1.82) is 0 Å². The number of benzene rings is 2. The van der Waals surface area contributed by atoms with E-state index in [4.69, 9.17) is 0 Å². The minimum Gasteiger partial charge on any atom is -0.394 e. The Morgan fingerprint density at radius 3 is 2.48 bits per heavy atom. The van der Waals surface area contributed by atoms with Crippen molar-refractivity contribution in [3.63, 3.8) is 0 Å². The van der Waals surface area contributed by atoms with Crippen molar-refractivity contribution in [2.75, 3.05) is 11.9 Å². The molecule has 1 aliphatic rings. The van der Waals surface area contributed by atoms with E-state index >= 15 is 0 Å². The van der Waals surface area contributed by atoms with E-state index in [0.29, 0.717) is 0 Å². The summed E-state index contributed by atoms with van der Waals surface area (Å²) in [7, 11) is 0. The molecule has 2 amide bonds. The minimum atomic E-state index is -1.05. The maximum absolute atomic E-state index is 12.8. The van der Waals surface area contributed by atoms with E-state index in [1.165, 1.54) is 0 Å². The van der Waals surface area contributed by atoms with Crippen LogP contribution in [0.5, 0.6) is 0 Å². The number of aliphatic hydroxyl groups is 1. The Hall–Kier alpha value is -3.19. The zero-order chi connectivity index (χ0) is 18.9. The monoisotopic (exact) mass is 364 g/mol. The molecule has 1 heterocycles. The van der Waals surface area contributed by atoms with Crippen molar-refractivity contribution in [2.24, 2.45) is 0 Å². The lowest BCUT2D eigenvalue weighted by Gasteiger charge is -2.20. The van der Waals surface area contributed by atoms with Gasteiger partial charge in [-0.15, -0.1) is 0 Å². The fourth-order valence-electron chi connectivity index (χ4n) is 3.24. The number of hydrogen-bond acceptors (Lipinski definition) is 4. The highest BCUT2D eigenvalue weighted by molar-refractivity contribution is 5.99. The van der Waals surface area contributed by atoms with Crippen LogP contribution in [0.25, 0.3) is 11.0 Å². The molecule has 0 saturated heterocycles. The van der Waals surface area contributed by atoms with Gasteiger partial charge in [-0.25, -0.2) is 4.98 Å². The van der Waals surface area contributed by atoms with Crippen LogP contribution in [0, 0.1) is 0 Å². The summed E-state index contributed by atoms with van der Waals surface area (Å²) < 4.78 is 0. The summed E-state index contributed by atoms with van der Waals surface area (Å²) in [6.45, 7) is -0.497. The van der Waals surface area contributed by atoms with E-state index in [0.717, 1.165) is 29.4 Å². The first kappa shape index (κ1) is 17.2. The Morgan fingerprint density at radius 2 is 1.81 bits per heavy atom. The molecule has 1 saturated carbocycles. The quantitative estimate of drug-likeness (QED) is 0.534. The van der Waals surface area contributed by atoms with Crippen LogP contribution in [-0.4, -0.2) is 39.5 Å². The zero-order valence-electron chi connectivity index (χ0n) is 14.6. The number of H-pyrrole nitrogens is 1. The predicted molar refractivity (Wildman–Crippen MR) is 101 cm³/mol. The van der Waals surface area contributed by atoms with Gasteiger partial charge in [-0.3, -0.25) is 14.9 Å². The van der Waals surface area contributed by atoms with Gasteiger partial charge in [0.05, 0.1) is 23.1 Å². The van der Waals surface area contributed by atoms with E-state index in [2.05, 4.69) is 20.6 Å². The van der Waals surface area contributed by atoms with E-state index in [9.17, 15) is 14.7 Å². The molecule has 1 aliphatic carbocycles. The van der Waals surface area contributed by atoms with E-state index < -0.39 is 24.0 Å². The summed E-state index contributed by atoms with van der Waals surface area (Å²) in [6, 6.07) is 15.8. The van der Waals surface area contributed by atoms with Crippen LogP contribution in [0.4, 0.5) is 5.95 Å². The number of amides is 2. The largest absolute Gasteiger partial charge is 0.394 e. The van der Waals surface area contributed by atoms with E-state index in [1.54, 1.807) is 0 Å². The van der Waals surface area contributed by atoms with Crippen molar-refractivity contribution < 1.29 is 14.7 Å². The topological polar surface area (TPSA) is 107 Å². The third kappa shape index (κ3) is 3.29. The molecule has 3 aromatic rings. The fourth-order valence-corrected chi connectivity index (χ4v) is 3.24. The second kappa shape index (κ2) is 6.85. The molecule has 0 spiro atoms. The molecule has 0 aliphatic heterocycles. The third-order valence-electron chi connectivity index (χ3n) is 4.95. The molecule has 2 aromatic carbocycles. The van der Waals surface area contributed by atoms with Gasteiger partial charge in [0.2, 0.25) is 11.9 Å². The standard InChI is InChI=1S/C20H20N4O3/c25-12-16(17(26)24-19-22-14-8-4-5-9-15(14)23-19)21-18(27)20(10-11-20)13-6-2-1-3-7-13/h1-9,16,25H,10-12H2,(H,21,27)(H2,22,23,24,26). The molecule has 0 radical (unpaired) electrons. The lowest BCUT2D eigenvalue weighted by atomic mass is 9.94. The highest BCUT2D eigenvalue weighted by Gasteiger charge is 2.51. The number of anilines is 1. The van der Waals surface area contributed by atoms with Gasteiger partial charge < -0.3 is 15.4 Å². The van der Waals surface area contributed by atoms with Crippen molar-refractivity contribution in [2.45, 2.75) is 24.3 Å². The first-order valence-electron chi connectivity index (χ1n) is 8.85. The van der Waals surface area contributed by atoms with Crippen LogP contribution in [0.3, 0.4) is 0 Å². The minimum absolute atomic E-state index is 0.243. The van der Waals surface area contributed by atoms with Crippen molar-refractivity contribution in [3.8, 4) is 0 Å². The average Bonchev–Trinajstić information content (AvgIpc) is 3.41. The lowest BCUT2D eigenvalue weighted by molar-refractivity contribution is -0.129. The summed E-state index contributed by atoms with van der Waals surface area (Å²) in [6.07, 6.45) is 1.46. The highest BCUT2D eigenvalue weighted by atomic mass is 16.3. The number of imidazole rings is 1. The molecule has 4 N–H and O–H groups in total. The third-order valence-corrected chi connectivity index (χ3v) is 4.95. The molecule has 7 heteroatoms. The van der Waals surface area contributed by atoms with Crippen molar-refractivity contribution in [3.05, 3.63) is 60.2 Å². The number of aromatic nitrogens is 2. The summed E-state index contributed by atoms with van der Waals surface area (Å²) in [4.78, 5) is 32.5. The smallest absolute Gasteiger partial charge is 0.251 e. The molecule has 1 atom stereocenters. The number of nitrogens with one attached hydrogen (secondary N) is 3. The maximum atomic E-state index is 12.8. The van der Waals surface area contributed by atoms with Gasteiger partial charge in [-0.05, 0) is 30.5 Å². The Labute approximate surface area is 155 Å². The van der Waals surface area contributed by atoms with E-state index in [-0.39, 0.29) is 11.9 Å². The molecule has 7 nitrogen and oxygen atoms in total. The average molecular weight is 364 g/mol. The molecule has 138 valence electrons. The molecule has 27 heavy (non-hydrogen) atoms. The second-order valence-electron chi connectivity index (χ2n) is 6.75. The number of rotatable bonds is 6. The number of para-hydroxylation sites is 2. The highest BCUT2D eigenvalue weighted by Crippen LogP contribution is 2.48. The molecule has 0 bridgehead atoms. The van der Waals surface area contributed by atoms with Crippen LogP contribution in [0.1, 0.15) is 18.4 Å². The number of hydrogen-bond donors (Lipinski definition) is 4. The van der Waals surface area contributed by atoms with Crippen LogP contribution in [0.2, 0.25) is 0 Å². The molecule has 1 aromatic heterocycles. The van der Waals surface area contributed by atoms with Gasteiger partial charge in [0.1, 0.15) is 6.04 Å².